The first-order valence-corrected chi connectivity index (χ1v) is 7.93. The molecule has 0 aliphatic carbocycles. The molecule has 0 bridgehead atoms. The summed E-state index contributed by atoms with van der Waals surface area (Å²) in [6.07, 6.45) is 2.86. The molecule has 0 spiro atoms. The van der Waals surface area contributed by atoms with Gasteiger partial charge in [-0.2, -0.15) is 0 Å². The Labute approximate surface area is 126 Å². The number of amides is 1. The number of hydrogen-bond acceptors (Lipinski definition) is 2. The average molecular weight is 298 g/mol. The molecule has 1 N–H and O–H groups in total. The number of halogens is 1. The molecule has 112 valence electrons. The Bertz CT molecular complexity index is 426. The summed E-state index contributed by atoms with van der Waals surface area (Å²) in [5, 5.41) is 0. The molecule has 1 saturated heterocycles. The fourth-order valence-electron chi connectivity index (χ4n) is 2.63. The number of carbonyl (C=O) groups excluding carboxylic acids is 1. The first-order chi connectivity index (χ1) is 9.65. The van der Waals surface area contributed by atoms with Crippen molar-refractivity contribution >= 4 is 17.5 Å². The molecule has 1 aromatic heterocycles. The van der Waals surface area contributed by atoms with Gasteiger partial charge in [0, 0.05) is 37.8 Å². The predicted octanol–water partition coefficient (Wildman–Crippen LogP) is 2.14. The van der Waals surface area contributed by atoms with Crippen LogP contribution in [0.3, 0.4) is 0 Å². The van der Waals surface area contributed by atoms with Crippen LogP contribution in [-0.2, 0) is 12.8 Å². The van der Waals surface area contributed by atoms with E-state index in [1.807, 2.05) is 11.0 Å². The summed E-state index contributed by atoms with van der Waals surface area (Å²) in [5.41, 5.74) is 3.09. The van der Waals surface area contributed by atoms with Crippen LogP contribution >= 0.6 is 11.6 Å². The Balaban J connectivity index is 2.11. The molecule has 1 amide bonds. The molecule has 1 aliphatic heterocycles. The largest absolute Gasteiger partial charge is 0.354 e. The highest BCUT2D eigenvalue weighted by molar-refractivity contribution is 6.18. The van der Waals surface area contributed by atoms with Gasteiger partial charge in [-0.25, -0.2) is 0 Å². The number of aromatic nitrogens is 1. The fourth-order valence-corrected chi connectivity index (χ4v) is 2.84. The Morgan fingerprint density at radius 1 is 1.30 bits per heavy atom. The zero-order valence-electron chi connectivity index (χ0n) is 12.4. The Hall–Kier alpha value is -1.00. The summed E-state index contributed by atoms with van der Waals surface area (Å²) in [6, 6.07) is 1.99. The van der Waals surface area contributed by atoms with Gasteiger partial charge in [0.15, 0.2) is 0 Å². The quantitative estimate of drug-likeness (QED) is 0.846. The number of H-pyrrole nitrogens is 1. The second kappa shape index (κ2) is 7.14. The molecule has 0 saturated carbocycles. The SMILES string of the molecule is CCCc1[nH]c(C(=O)N2CCN(C)CC2)cc1CCCl. The summed E-state index contributed by atoms with van der Waals surface area (Å²) in [4.78, 5) is 20.0. The van der Waals surface area contributed by atoms with Crippen molar-refractivity contribution in [3.05, 3.63) is 23.0 Å². The van der Waals surface area contributed by atoms with Crippen LogP contribution in [0.2, 0.25) is 0 Å². The van der Waals surface area contributed by atoms with E-state index in [4.69, 9.17) is 11.6 Å². The monoisotopic (exact) mass is 297 g/mol. The van der Waals surface area contributed by atoms with E-state index >= 15 is 0 Å². The van der Waals surface area contributed by atoms with Crippen LogP contribution in [-0.4, -0.2) is 59.8 Å². The first-order valence-electron chi connectivity index (χ1n) is 7.40. The normalized spacial score (nSPS) is 16.6. The van der Waals surface area contributed by atoms with Crippen LogP contribution in [0.1, 0.15) is 35.1 Å². The van der Waals surface area contributed by atoms with E-state index < -0.39 is 0 Å². The van der Waals surface area contributed by atoms with Crippen molar-refractivity contribution < 1.29 is 4.79 Å². The number of hydrogen-bond donors (Lipinski definition) is 1. The van der Waals surface area contributed by atoms with Gasteiger partial charge in [0.1, 0.15) is 5.69 Å². The third-order valence-corrected chi connectivity index (χ3v) is 4.07. The highest BCUT2D eigenvalue weighted by atomic mass is 35.5. The third-order valence-electron chi connectivity index (χ3n) is 3.88. The maximum atomic E-state index is 12.5. The number of piperazine rings is 1. The molecule has 2 heterocycles. The van der Waals surface area contributed by atoms with Gasteiger partial charge in [0.05, 0.1) is 0 Å². The van der Waals surface area contributed by atoms with Crippen LogP contribution < -0.4 is 0 Å². The van der Waals surface area contributed by atoms with E-state index in [1.165, 1.54) is 11.3 Å². The lowest BCUT2D eigenvalue weighted by atomic mass is 10.1. The lowest BCUT2D eigenvalue weighted by molar-refractivity contribution is 0.0658. The van der Waals surface area contributed by atoms with Gasteiger partial charge in [-0.3, -0.25) is 4.79 Å². The van der Waals surface area contributed by atoms with Crippen LogP contribution in [0.5, 0.6) is 0 Å². The van der Waals surface area contributed by atoms with Crippen molar-refractivity contribution in [3.63, 3.8) is 0 Å². The van der Waals surface area contributed by atoms with Gasteiger partial charge in [-0.05, 0) is 31.5 Å². The maximum Gasteiger partial charge on any atom is 0.270 e. The Morgan fingerprint density at radius 3 is 2.60 bits per heavy atom. The fraction of sp³-hybridized carbons (Fsp3) is 0.667. The van der Waals surface area contributed by atoms with Gasteiger partial charge in [0.2, 0.25) is 0 Å². The minimum absolute atomic E-state index is 0.122. The van der Waals surface area contributed by atoms with E-state index in [2.05, 4.69) is 23.9 Å². The van der Waals surface area contributed by atoms with Crippen LogP contribution in [0, 0.1) is 0 Å². The number of nitrogens with one attached hydrogen (secondary N) is 1. The van der Waals surface area contributed by atoms with Crippen LogP contribution in [0.15, 0.2) is 6.07 Å². The zero-order valence-corrected chi connectivity index (χ0v) is 13.2. The van der Waals surface area contributed by atoms with Gasteiger partial charge in [-0.1, -0.05) is 13.3 Å². The molecule has 0 radical (unpaired) electrons. The standard InChI is InChI=1S/C15H24ClN3O/c1-3-4-13-12(5-6-16)11-14(17-13)15(20)19-9-7-18(2)8-10-19/h11,17H,3-10H2,1-2H3. The van der Waals surface area contributed by atoms with Gasteiger partial charge in [0.25, 0.3) is 5.91 Å². The van der Waals surface area contributed by atoms with E-state index in [-0.39, 0.29) is 5.91 Å². The molecule has 1 fully saturated rings. The first kappa shape index (κ1) is 15.4. The second-order valence-electron chi connectivity index (χ2n) is 5.47. The van der Waals surface area contributed by atoms with Crippen molar-refractivity contribution in [2.24, 2.45) is 0 Å². The van der Waals surface area contributed by atoms with E-state index in [1.54, 1.807) is 0 Å². The van der Waals surface area contributed by atoms with Crippen molar-refractivity contribution in [2.75, 3.05) is 39.1 Å². The Kier molecular flexibility index (Phi) is 5.49. The number of aryl methyl sites for hydroxylation is 2. The molecule has 4 nitrogen and oxygen atoms in total. The smallest absolute Gasteiger partial charge is 0.270 e. The van der Waals surface area contributed by atoms with Gasteiger partial charge >= 0.3 is 0 Å². The summed E-state index contributed by atoms with van der Waals surface area (Å²) < 4.78 is 0. The van der Waals surface area contributed by atoms with E-state index in [0.717, 1.165) is 51.1 Å². The highest BCUT2D eigenvalue weighted by Gasteiger charge is 2.22. The van der Waals surface area contributed by atoms with E-state index in [9.17, 15) is 4.79 Å². The third kappa shape index (κ3) is 3.55. The van der Waals surface area contributed by atoms with E-state index in [0.29, 0.717) is 5.88 Å². The molecule has 0 atom stereocenters. The summed E-state index contributed by atoms with van der Waals surface area (Å²) in [5.74, 6) is 0.716. The number of alkyl halides is 1. The van der Waals surface area contributed by atoms with Gasteiger partial charge < -0.3 is 14.8 Å². The van der Waals surface area contributed by atoms with Crippen molar-refractivity contribution in [2.45, 2.75) is 26.2 Å². The van der Waals surface area contributed by atoms with Crippen LogP contribution in [0.4, 0.5) is 0 Å². The molecule has 5 heteroatoms. The van der Waals surface area contributed by atoms with Crippen LogP contribution in [0.25, 0.3) is 0 Å². The van der Waals surface area contributed by atoms with Crippen molar-refractivity contribution in [1.29, 1.82) is 0 Å². The molecule has 20 heavy (non-hydrogen) atoms. The maximum absolute atomic E-state index is 12.5. The van der Waals surface area contributed by atoms with Crippen molar-refractivity contribution in [3.8, 4) is 0 Å². The molecule has 2 rings (SSSR count). The molecule has 1 aliphatic rings. The topological polar surface area (TPSA) is 39.3 Å². The number of nitrogens with zero attached hydrogens (tertiary/aromatic N) is 2. The van der Waals surface area contributed by atoms with Gasteiger partial charge in [-0.15, -0.1) is 11.6 Å². The number of likely N-dealkylation sites (N-methyl/N-ethyl adjacent to an activating group) is 1. The minimum atomic E-state index is 0.122. The number of carbonyl (C=O) groups is 1. The molecule has 1 aromatic rings. The minimum Gasteiger partial charge on any atom is -0.354 e. The predicted molar refractivity (Wildman–Crippen MR) is 82.6 cm³/mol. The molecular formula is C15H24ClN3O. The average Bonchev–Trinajstić information content (AvgIpc) is 2.83. The summed E-state index contributed by atoms with van der Waals surface area (Å²) >= 11 is 5.85. The summed E-state index contributed by atoms with van der Waals surface area (Å²) in [6.45, 7) is 5.66. The summed E-state index contributed by atoms with van der Waals surface area (Å²) in [7, 11) is 2.09. The molecule has 0 unspecified atom stereocenters. The second-order valence-corrected chi connectivity index (χ2v) is 5.85. The zero-order chi connectivity index (χ0) is 14.5. The number of rotatable bonds is 5. The van der Waals surface area contributed by atoms with Crippen molar-refractivity contribution in [1.82, 2.24) is 14.8 Å². The molecular weight excluding hydrogens is 274 g/mol. The highest BCUT2D eigenvalue weighted by Crippen LogP contribution is 2.17. The Morgan fingerprint density at radius 2 is 2.00 bits per heavy atom. The lowest BCUT2D eigenvalue weighted by Crippen LogP contribution is -2.47. The lowest BCUT2D eigenvalue weighted by Gasteiger charge is -2.32. The molecule has 0 aromatic carbocycles. The number of aromatic amines is 1.